The zero-order chi connectivity index (χ0) is 13.5. The molecule has 0 aromatic heterocycles. The maximum atomic E-state index is 11.7. The second-order valence-electron chi connectivity index (χ2n) is 4.32. The summed E-state index contributed by atoms with van der Waals surface area (Å²) in [4.78, 5) is 24.3. The Morgan fingerprint density at radius 2 is 2.33 bits per heavy atom. The summed E-state index contributed by atoms with van der Waals surface area (Å²) in [5.41, 5.74) is 0. The lowest BCUT2D eigenvalue weighted by atomic mass is 10.2. The molecule has 1 rings (SSSR count). The lowest BCUT2D eigenvalue weighted by molar-refractivity contribution is -0.150. The maximum Gasteiger partial charge on any atom is 0.323 e. The number of methoxy groups -OCH3 is 1. The van der Waals surface area contributed by atoms with Gasteiger partial charge in [0.1, 0.15) is 6.04 Å². The predicted molar refractivity (Wildman–Crippen MR) is 63.3 cm³/mol. The summed E-state index contributed by atoms with van der Waals surface area (Å²) in [6, 6.07) is -0.839. The fraction of sp³-hybridized carbons (Fsp3) is 0.818. The lowest BCUT2D eigenvalue weighted by Crippen LogP contribution is -2.53. The summed E-state index contributed by atoms with van der Waals surface area (Å²) in [7, 11) is 1.56. The molecule has 0 spiro atoms. The molecule has 7 heteroatoms. The highest BCUT2D eigenvalue weighted by Crippen LogP contribution is 2.06. The van der Waals surface area contributed by atoms with E-state index < -0.39 is 12.0 Å². The first-order valence-corrected chi connectivity index (χ1v) is 5.87. The van der Waals surface area contributed by atoms with Crippen molar-refractivity contribution in [1.82, 2.24) is 10.2 Å². The van der Waals surface area contributed by atoms with Gasteiger partial charge in [0.25, 0.3) is 0 Å². The van der Waals surface area contributed by atoms with Crippen LogP contribution in [0.1, 0.15) is 6.92 Å². The summed E-state index contributed by atoms with van der Waals surface area (Å²) < 4.78 is 10.0. The molecule has 0 aliphatic carbocycles. The molecule has 1 aliphatic rings. The number of aliphatic carboxylic acids is 1. The molecular formula is C11H20N2O5. The largest absolute Gasteiger partial charge is 0.480 e. The van der Waals surface area contributed by atoms with Crippen LogP contribution in [-0.2, 0) is 19.1 Å². The Morgan fingerprint density at radius 3 is 2.94 bits per heavy atom. The Hall–Kier alpha value is -1.18. The first-order valence-electron chi connectivity index (χ1n) is 5.87. The van der Waals surface area contributed by atoms with E-state index in [-0.39, 0.29) is 25.1 Å². The van der Waals surface area contributed by atoms with Crippen molar-refractivity contribution < 1.29 is 24.2 Å². The Labute approximate surface area is 106 Å². The van der Waals surface area contributed by atoms with Gasteiger partial charge in [-0.2, -0.15) is 0 Å². The van der Waals surface area contributed by atoms with Crippen molar-refractivity contribution in [2.45, 2.75) is 19.0 Å². The van der Waals surface area contributed by atoms with E-state index in [1.807, 2.05) is 6.92 Å². The van der Waals surface area contributed by atoms with Crippen molar-refractivity contribution >= 4 is 11.9 Å². The molecule has 7 nitrogen and oxygen atoms in total. The van der Waals surface area contributed by atoms with Crippen molar-refractivity contribution in [2.24, 2.45) is 0 Å². The van der Waals surface area contributed by atoms with Crippen molar-refractivity contribution in [2.75, 3.05) is 40.0 Å². The molecule has 2 N–H and O–H groups in total. The maximum absolute atomic E-state index is 11.7. The molecule has 2 atom stereocenters. The number of hydrogen-bond donors (Lipinski definition) is 2. The Morgan fingerprint density at radius 1 is 1.61 bits per heavy atom. The second-order valence-corrected chi connectivity index (χ2v) is 4.32. The highest BCUT2D eigenvalue weighted by atomic mass is 16.5. The summed E-state index contributed by atoms with van der Waals surface area (Å²) in [5, 5.41) is 11.8. The van der Waals surface area contributed by atoms with Crippen LogP contribution in [0.25, 0.3) is 0 Å². The number of hydrogen-bond acceptors (Lipinski definition) is 5. The molecule has 18 heavy (non-hydrogen) atoms. The Kier molecular flexibility index (Phi) is 6.03. The van der Waals surface area contributed by atoms with E-state index in [0.29, 0.717) is 19.8 Å². The number of carboxylic acids is 1. The van der Waals surface area contributed by atoms with Gasteiger partial charge >= 0.3 is 5.97 Å². The standard InChI is InChI=1S/C11H20N2O5/c1-8(6-17-2)12-10(14)5-13-3-4-18-7-9(13)11(15)16/h8-9H,3-7H2,1-2H3,(H,12,14)(H,15,16). The van der Waals surface area contributed by atoms with Crippen LogP contribution in [0.5, 0.6) is 0 Å². The normalized spacial score (nSPS) is 22.4. The fourth-order valence-corrected chi connectivity index (χ4v) is 1.85. The van der Waals surface area contributed by atoms with Gasteiger partial charge in [0.2, 0.25) is 5.91 Å². The van der Waals surface area contributed by atoms with Gasteiger partial charge in [-0.1, -0.05) is 0 Å². The third-order valence-electron chi connectivity index (χ3n) is 2.70. The van der Waals surface area contributed by atoms with E-state index in [1.165, 1.54) is 0 Å². The average molecular weight is 260 g/mol. The lowest BCUT2D eigenvalue weighted by Gasteiger charge is -2.32. The van der Waals surface area contributed by atoms with Gasteiger partial charge in [-0.25, -0.2) is 0 Å². The number of nitrogens with one attached hydrogen (secondary N) is 1. The SMILES string of the molecule is COCC(C)NC(=O)CN1CCOCC1C(=O)O. The fourth-order valence-electron chi connectivity index (χ4n) is 1.85. The topological polar surface area (TPSA) is 88.1 Å². The van der Waals surface area contributed by atoms with Crippen LogP contribution in [0.3, 0.4) is 0 Å². The van der Waals surface area contributed by atoms with Crippen molar-refractivity contribution in [1.29, 1.82) is 0 Å². The van der Waals surface area contributed by atoms with Crippen LogP contribution in [-0.4, -0.2) is 74.0 Å². The van der Waals surface area contributed by atoms with Gasteiger partial charge in [0.15, 0.2) is 0 Å². The number of ether oxygens (including phenoxy) is 2. The van der Waals surface area contributed by atoms with Gasteiger partial charge < -0.3 is 19.9 Å². The van der Waals surface area contributed by atoms with Crippen molar-refractivity contribution in [3.8, 4) is 0 Å². The first kappa shape index (κ1) is 14.9. The molecule has 104 valence electrons. The van der Waals surface area contributed by atoms with Crippen LogP contribution >= 0.6 is 0 Å². The molecule has 1 amide bonds. The predicted octanol–water partition coefficient (Wildman–Crippen LogP) is -1.08. The van der Waals surface area contributed by atoms with E-state index in [2.05, 4.69) is 5.32 Å². The molecule has 0 radical (unpaired) electrons. The van der Waals surface area contributed by atoms with Gasteiger partial charge in [0.05, 0.1) is 26.4 Å². The van der Waals surface area contributed by atoms with Crippen LogP contribution in [0.4, 0.5) is 0 Å². The summed E-state index contributed by atoms with van der Waals surface area (Å²) >= 11 is 0. The minimum atomic E-state index is -0.965. The van der Waals surface area contributed by atoms with Crippen molar-refractivity contribution in [3.05, 3.63) is 0 Å². The Balaban J connectivity index is 2.43. The molecule has 0 aromatic carbocycles. The van der Waals surface area contributed by atoms with E-state index >= 15 is 0 Å². The number of amides is 1. The van der Waals surface area contributed by atoms with Crippen molar-refractivity contribution in [3.63, 3.8) is 0 Å². The summed E-state index contributed by atoms with van der Waals surface area (Å²) in [6.45, 7) is 3.34. The molecule has 0 saturated carbocycles. The van der Waals surface area contributed by atoms with Gasteiger partial charge in [-0.3, -0.25) is 14.5 Å². The molecule has 0 aromatic rings. The average Bonchev–Trinajstić information content (AvgIpc) is 2.29. The smallest absolute Gasteiger partial charge is 0.323 e. The van der Waals surface area contributed by atoms with E-state index in [0.717, 1.165) is 0 Å². The number of carboxylic acid groups (broad SMARTS) is 1. The molecule has 1 saturated heterocycles. The highest BCUT2D eigenvalue weighted by molar-refractivity contribution is 5.80. The molecule has 2 unspecified atom stereocenters. The summed E-state index contributed by atoms with van der Waals surface area (Å²) in [6.07, 6.45) is 0. The molecular weight excluding hydrogens is 240 g/mol. The van der Waals surface area contributed by atoms with Gasteiger partial charge in [0, 0.05) is 19.7 Å². The minimum absolute atomic E-state index is 0.0639. The molecule has 1 aliphatic heterocycles. The zero-order valence-electron chi connectivity index (χ0n) is 10.7. The van der Waals surface area contributed by atoms with Crippen LogP contribution in [0.15, 0.2) is 0 Å². The van der Waals surface area contributed by atoms with E-state index in [1.54, 1.807) is 12.0 Å². The quantitative estimate of drug-likeness (QED) is 0.632. The van der Waals surface area contributed by atoms with Crippen LogP contribution in [0, 0.1) is 0 Å². The zero-order valence-corrected chi connectivity index (χ0v) is 10.7. The molecule has 0 bridgehead atoms. The highest BCUT2D eigenvalue weighted by Gasteiger charge is 2.30. The number of rotatable bonds is 6. The van der Waals surface area contributed by atoms with Crippen LogP contribution < -0.4 is 5.32 Å². The van der Waals surface area contributed by atoms with E-state index in [4.69, 9.17) is 14.6 Å². The second kappa shape index (κ2) is 7.30. The molecule has 1 fully saturated rings. The number of nitrogens with zero attached hydrogens (tertiary/aromatic N) is 1. The summed E-state index contributed by atoms with van der Waals surface area (Å²) in [5.74, 6) is -1.17. The van der Waals surface area contributed by atoms with Gasteiger partial charge in [-0.15, -0.1) is 0 Å². The van der Waals surface area contributed by atoms with Crippen LogP contribution in [0.2, 0.25) is 0 Å². The number of carbonyl (C=O) groups is 2. The number of morpholine rings is 1. The third-order valence-corrected chi connectivity index (χ3v) is 2.70. The van der Waals surface area contributed by atoms with E-state index in [9.17, 15) is 9.59 Å². The minimum Gasteiger partial charge on any atom is -0.480 e. The molecule has 1 heterocycles. The monoisotopic (exact) mass is 260 g/mol. The number of carbonyl (C=O) groups excluding carboxylic acids is 1. The Bertz CT molecular complexity index is 297. The first-order chi connectivity index (χ1) is 8.54. The van der Waals surface area contributed by atoms with Gasteiger partial charge in [-0.05, 0) is 6.92 Å². The third kappa shape index (κ3) is 4.59.